The van der Waals surface area contributed by atoms with E-state index in [1.807, 2.05) is 48.5 Å². The molecule has 0 N–H and O–H groups in total. The molecule has 0 bridgehead atoms. The van der Waals surface area contributed by atoms with E-state index in [1.54, 1.807) is 26.4 Å². The summed E-state index contributed by atoms with van der Waals surface area (Å²) in [6.45, 7) is 11.8. The molecule has 8 nitrogen and oxygen atoms in total. The molecular formula is C41H28FN5O3. The number of hydrogen-bond acceptors (Lipinski definition) is 7. The Hall–Kier alpha value is -6.58. The smallest absolute Gasteiger partial charge is 0.376 e. The molecule has 2 heterocycles. The minimum Gasteiger partial charge on any atom is -0.493 e. The summed E-state index contributed by atoms with van der Waals surface area (Å²) in [7, 11) is 3.24. The van der Waals surface area contributed by atoms with E-state index < -0.39 is 5.60 Å². The van der Waals surface area contributed by atoms with E-state index in [1.165, 1.54) is 17.7 Å². The second-order valence-electron chi connectivity index (χ2n) is 12.7. The highest BCUT2D eigenvalue weighted by Crippen LogP contribution is 2.59. The number of fused-ring (bicyclic) bond motifs is 8. The van der Waals surface area contributed by atoms with Gasteiger partial charge in [-0.15, -0.1) is 16.5 Å². The zero-order valence-electron chi connectivity index (χ0n) is 27.6. The molecule has 9 heteroatoms. The number of nitrogens with zero attached hydrogens (tertiary/aromatic N) is 5. The predicted molar refractivity (Wildman–Crippen MR) is 188 cm³/mol. The summed E-state index contributed by atoms with van der Waals surface area (Å²) >= 11 is 0. The van der Waals surface area contributed by atoms with Gasteiger partial charge in [-0.2, -0.15) is 10.2 Å². The second-order valence-corrected chi connectivity index (χ2v) is 12.7. The van der Waals surface area contributed by atoms with Crippen molar-refractivity contribution in [1.29, 1.82) is 5.26 Å². The molecule has 1 aliphatic carbocycles. The highest BCUT2D eigenvalue weighted by atomic mass is 19.1. The van der Waals surface area contributed by atoms with Crippen molar-refractivity contribution < 1.29 is 18.6 Å². The van der Waals surface area contributed by atoms with Crippen LogP contribution in [0.2, 0.25) is 0 Å². The highest BCUT2D eigenvalue weighted by molar-refractivity contribution is 6.09. The molecule has 0 amide bonds. The van der Waals surface area contributed by atoms with E-state index in [9.17, 15) is 9.65 Å². The fourth-order valence-corrected chi connectivity index (χ4v) is 7.41. The number of hydrogen-bond donors (Lipinski definition) is 0. The van der Waals surface area contributed by atoms with E-state index in [4.69, 9.17) is 20.8 Å². The zero-order valence-corrected chi connectivity index (χ0v) is 27.6. The van der Waals surface area contributed by atoms with Crippen LogP contribution >= 0.6 is 0 Å². The molecule has 0 saturated heterocycles. The van der Waals surface area contributed by atoms with Crippen LogP contribution < -0.4 is 14.2 Å². The highest BCUT2D eigenvalue weighted by Gasteiger charge is 2.44. The first-order chi connectivity index (χ1) is 24.2. The van der Waals surface area contributed by atoms with E-state index >= 15 is 0 Å². The van der Waals surface area contributed by atoms with Crippen LogP contribution in [0.5, 0.6) is 17.2 Å². The van der Waals surface area contributed by atoms with Gasteiger partial charge in [0.1, 0.15) is 11.6 Å². The van der Waals surface area contributed by atoms with Gasteiger partial charge in [0.15, 0.2) is 23.2 Å². The van der Waals surface area contributed by atoms with E-state index in [0.29, 0.717) is 28.4 Å². The van der Waals surface area contributed by atoms with E-state index in [2.05, 4.69) is 64.0 Å². The van der Waals surface area contributed by atoms with Crippen molar-refractivity contribution in [2.75, 3.05) is 14.2 Å². The average molecular weight is 658 g/mol. The summed E-state index contributed by atoms with van der Waals surface area (Å²) in [5.41, 5.74) is 6.14. The van der Waals surface area contributed by atoms with Gasteiger partial charge in [0, 0.05) is 33.1 Å². The SMILES string of the molecule is [C-]#[N+]c1nc(C#N)nc(-c2ccc(C3(c4ccc(F)cc4)C=Cc4c5c(c6cc(OC)c(OC)cc6c4O3)-c3ccccc3C5(C)C)cc2)n1. The topological polar surface area (TPSA) is 94.5 Å². The van der Waals surface area contributed by atoms with Crippen molar-refractivity contribution in [3.05, 3.63) is 142 Å². The summed E-state index contributed by atoms with van der Waals surface area (Å²) in [6, 6.07) is 28.0. The first-order valence-corrected chi connectivity index (χ1v) is 15.9. The summed E-state index contributed by atoms with van der Waals surface area (Å²) in [4.78, 5) is 15.6. The maximum atomic E-state index is 14.4. The second kappa shape index (κ2) is 11.3. The number of nitriles is 1. The van der Waals surface area contributed by atoms with Gasteiger partial charge in [-0.3, -0.25) is 0 Å². The summed E-state index contributed by atoms with van der Waals surface area (Å²) in [5.74, 6) is 1.38. The molecular weight excluding hydrogens is 629 g/mol. The van der Waals surface area contributed by atoms with E-state index in [-0.39, 0.29) is 28.8 Å². The summed E-state index contributed by atoms with van der Waals surface area (Å²) in [5, 5.41) is 11.2. The number of rotatable bonds is 5. The Balaban J connectivity index is 1.38. The van der Waals surface area contributed by atoms with Crippen molar-refractivity contribution in [1.82, 2.24) is 15.0 Å². The molecule has 5 aromatic carbocycles. The van der Waals surface area contributed by atoms with Crippen LogP contribution in [-0.2, 0) is 11.0 Å². The van der Waals surface area contributed by atoms with Gasteiger partial charge in [0.25, 0.3) is 5.82 Å². The normalized spacial score (nSPS) is 16.4. The average Bonchev–Trinajstić information content (AvgIpc) is 3.40. The lowest BCUT2D eigenvalue weighted by atomic mass is 9.76. The summed E-state index contributed by atoms with van der Waals surface area (Å²) in [6.07, 6.45) is 4.14. The minimum atomic E-state index is -1.18. The largest absolute Gasteiger partial charge is 0.493 e. The van der Waals surface area contributed by atoms with E-state index in [0.717, 1.165) is 38.6 Å². The first kappa shape index (κ1) is 30.7. The molecule has 8 rings (SSSR count). The van der Waals surface area contributed by atoms with Gasteiger partial charge in [-0.1, -0.05) is 68.5 Å². The van der Waals surface area contributed by atoms with Gasteiger partial charge in [-0.25, -0.2) is 4.39 Å². The van der Waals surface area contributed by atoms with Crippen molar-refractivity contribution in [3.8, 4) is 45.8 Å². The molecule has 1 atom stereocenters. The molecule has 1 unspecified atom stereocenters. The molecule has 1 aliphatic heterocycles. The fourth-order valence-electron chi connectivity index (χ4n) is 7.41. The standard InChI is InChI=1S/C41H28FN5O3/c1-40(2)31-9-7-6-8-27(31)35-29-20-32(48-4)33(49-5)21-30(29)37-28(36(35)40)18-19-41(50-37,25-14-16-26(42)17-15-25)24-12-10-23(11-13-24)38-45-34(22-43)46-39(44-3)47-38/h6-21H,1-2,4-5H3. The molecule has 0 radical (unpaired) electrons. The van der Waals surface area contributed by atoms with Crippen LogP contribution in [0.15, 0.2) is 91.0 Å². The molecule has 0 spiro atoms. The maximum absolute atomic E-state index is 14.4. The quantitative estimate of drug-likeness (QED) is 0.171. The lowest BCUT2D eigenvalue weighted by molar-refractivity contribution is 0.163. The Bertz CT molecular complexity index is 2460. The number of halogens is 1. The van der Waals surface area contributed by atoms with Crippen LogP contribution in [0.4, 0.5) is 10.3 Å². The Morgan fingerprint density at radius 3 is 2.18 bits per heavy atom. The zero-order chi connectivity index (χ0) is 34.8. The monoisotopic (exact) mass is 657 g/mol. The van der Waals surface area contributed by atoms with Crippen LogP contribution in [0.25, 0.3) is 44.2 Å². The molecule has 0 fully saturated rings. The van der Waals surface area contributed by atoms with Gasteiger partial charge in [-0.05, 0) is 70.1 Å². The van der Waals surface area contributed by atoms with Gasteiger partial charge in [0.2, 0.25) is 5.82 Å². The van der Waals surface area contributed by atoms with Crippen molar-refractivity contribution in [2.24, 2.45) is 0 Å². The Labute approximate surface area is 287 Å². The molecule has 2 aliphatic rings. The van der Waals surface area contributed by atoms with Crippen molar-refractivity contribution in [3.63, 3.8) is 0 Å². The molecule has 50 heavy (non-hydrogen) atoms. The third-order valence-electron chi connectivity index (χ3n) is 9.71. The Morgan fingerprint density at radius 1 is 0.860 bits per heavy atom. The number of benzene rings is 5. The van der Waals surface area contributed by atoms with Crippen LogP contribution in [0, 0.1) is 23.7 Å². The van der Waals surface area contributed by atoms with Gasteiger partial charge < -0.3 is 19.1 Å². The van der Waals surface area contributed by atoms with Crippen molar-refractivity contribution in [2.45, 2.75) is 24.9 Å². The number of ether oxygens (including phenoxy) is 3. The third kappa shape index (κ3) is 4.44. The van der Waals surface area contributed by atoms with Gasteiger partial charge >= 0.3 is 5.95 Å². The predicted octanol–water partition coefficient (Wildman–Crippen LogP) is 8.93. The fraction of sp³-hybridized carbons (Fsp3) is 0.146. The Morgan fingerprint density at radius 2 is 1.52 bits per heavy atom. The van der Waals surface area contributed by atoms with Crippen LogP contribution in [0.1, 0.15) is 47.5 Å². The van der Waals surface area contributed by atoms with Crippen molar-refractivity contribution >= 4 is 22.8 Å². The van der Waals surface area contributed by atoms with Crippen LogP contribution in [-0.4, -0.2) is 29.2 Å². The van der Waals surface area contributed by atoms with Gasteiger partial charge in [0.05, 0.1) is 14.2 Å². The number of methoxy groups -OCH3 is 2. The lowest BCUT2D eigenvalue weighted by Crippen LogP contribution is -2.35. The lowest BCUT2D eigenvalue weighted by Gasteiger charge is -2.38. The molecule has 6 aromatic rings. The molecule has 0 saturated carbocycles. The minimum absolute atomic E-state index is 0.139. The number of aromatic nitrogens is 3. The van der Waals surface area contributed by atoms with Crippen LogP contribution in [0.3, 0.4) is 0 Å². The molecule has 242 valence electrons. The Kier molecular flexibility index (Phi) is 6.92. The first-order valence-electron chi connectivity index (χ1n) is 15.9. The maximum Gasteiger partial charge on any atom is 0.376 e. The summed E-state index contributed by atoms with van der Waals surface area (Å²) < 4.78 is 33.3. The molecule has 1 aromatic heterocycles. The third-order valence-corrected chi connectivity index (χ3v) is 9.71.